The SMILES string of the molecule is CCCCCCCCCCCCn1c(CCCCCNC(=O)Cc2ccc(Cl)cc2)nc2ccccc21. The summed E-state index contributed by atoms with van der Waals surface area (Å²) in [5.74, 6) is 1.28. The second-order valence-electron chi connectivity index (χ2n) is 10.3. The summed E-state index contributed by atoms with van der Waals surface area (Å²) in [6.07, 6.45) is 18.1. The highest BCUT2D eigenvalue weighted by Crippen LogP contribution is 2.20. The molecule has 0 aliphatic heterocycles. The molecule has 0 atom stereocenters. The Morgan fingerprint density at radius 3 is 2.19 bits per heavy atom. The lowest BCUT2D eigenvalue weighted by atomic mass is 10.1. The number of carbonyl (C=O) groups excluding carboxylic acids is 1. The molecule has 1 aromatic heterocycles. The van der Waals surface area contributed by atoms with Gasteiger partial charge in [-0.3, -0.25) is 4.79 Å². The van der Waals surface area contributed by atoms with Crippen molar-refractivity contribution in [2.75, 3.05) is 6.54 Å². The van der Waals surface area contributed by atoms with Crippen LogP contribution >= 0.6 is 11.6 Å². The molecule has 0 aliphatic rings. The number of benzene rings is 2. The number of nitrogens with zero attached hydrogens (tertiary/aromatic N) is 2. The van der Waals surface area contributed by atoms with E-state index in [0.29, 0.717) is 11.4 Å². The molecule has 0 unspecified atom stereocenters. The zero-order valence-electron chi connectivity index (χ0n) is 22.8. The third-order valence-electron chi connectivity index (χ3n) is 7.15. The fourth-order valence-corrected chi connectivity index (χ4v) is 5.11. The van der Waals surface area contributed by atoms with E-state index in [-0.39, 0.29) is 5.91 Å². The number of rotatable bonds is 19. The molecule has 202 valence electrons. The van der Waals surface area contributed by atoms with Crippen LogP contribution in [-0.2, 0) is 24.2 Å². The Balaban J connectivity index is 1.33. The molecular formula is C32H46ClN3O. The zero-order chi connectivity index (χ0) is 26.1. The number of imidazole rings is 1. The largest absolute Gasteiger partial charge is 0.356 e. The summed E-state index contributed by atoms with van der Waals surface area (Å²) in [5, 5.41) is 3.74. The standard InChI is InChI=1S/C32H46ClN3O/c1-2-3-4-5-6-7-8-9-10-16-25-36-30-18-14-13-17-29(30)35-31(36)19-12-11-15-24-34-32(37)26-27-20-22-28(33)23-21-27/h13-14,17-18,20-23H,2-12,15-16,19,24-26H2,1H3,(H,34,37). The highest BCUT2D eigenvalue weighted by molar-refractivity contribution is 6.30. The highest BCUT2D eigenvalue weighted by atomic mass is 35.5. The van der Waals surface area contributed by atoms with E-state index >= 15 is 0 Å². The van der Waals surface area contributed by atoms with E-state index in [1.807, 2.05) is 24.3 Å². The van der Waals surface area contributed by atoms with Gasteiger partial charge in [0, 0.05) is 24.5 Å². The summed E-state index contributed by atoms with van der Waals surface area (Å²) in [6, 6.07) is 16.0. The van der Waals surface area contributed by atoms with E-state index < -0.39 is 0 Å². The minimum absolute atomic E-state index is 0.0700. The van der Waals surface area contributed by atoms with Gasteiger partial charge in [0.2, 0.25) is 5.91 Å². The van der Waals surface area contributed by atoms with Crippen LogP contribution < -0.4 is 5.32 Å². The summed E-state index contributed by atoms with van der Waals surface area (Å²) in [5.41, 5.74) is 3.37. The number of aromatic nitrogens is 2. The first kappa shape index (κ1) is 29.2. The first-order chi connectivity index (χ1) is 18.2. The van der Waals surface area contributed by atoms with Crippen molar-refractivity contribution in [1.29, 1.82) is 0 Å². The van der Waals surface area contributed by atoms with Crippen molar-refractivity contribution in [2.45, 2.75) is 110 Å². The summed E-state index contributed by atoms with van der Waals surface area (Å²) < 4.78 is 2.45. The number of amides is 1. The number of halogens is 1. The molecule has 4 nitrogen and oxygen atoms in total. The summed E-state index contributed by atoms with van der Waals surface area (Å²) in [6.45, 7) is 4.07. The molecule has 0 spiro atoms. The van der Waals surface area contributed by atoms with Gasteiger partial charge >= 0.3 is 0 Å². The van der Waals surface area contributed by atoms with Crippen LogP contribution in [0.2, 0.25) is 5.02 Å². The first-order valence-corrected chi connectivity index (χ1v) is 15.0. The molecule has 0 radical (unpaired) electrons. The average molecular weight is 524 g/mol. The maximum Gasteiger partial charge on any atom is 0.224 e. The third kappa shape index (κ3) is 10.9. The van der Waals surface area contributed by atoms with Gasteiger partial charge in [0.1, 0.15) is 5.82 Å². The number of unbranched alkanes of at least 4 members (excludes halogenated alkanes) is 11. The quantitative estimate of drug-likeness (QED) is 0.160. The first-order valence-electron chi connectivity index (χ1n) is 14.6. The Bertz CT molecular complexity index is 1040. The predicted molar refractivity (Wildman–Crippen MR) is 157 cm³/mol. The topological polar surface area (TPSA) is 46.9 Å². The number of aryl methyl sites for hydroxylation is 2. The van der Waals surface area contributed by atoms with Crippen LogP contribution in [0, 0.1) is 0 Å². The van der Waals surface area contributed by atoms with E-state index in [0.717, 1.165) is 49.9 Å². The molecule has 1 amide bonds. The van der Waals surface area contributed by atoms with Crippen LogP contribution in [0.1, 0.15) is 102 Å². The molecule has 1 N–H and O–H groups in total. The van der Waals surface area contributed by atoms with Crippen LogP contribution in [0.3, 0.4) is 0 Å². The molecule has 0 saturated carbocycles. The summed E-state index contributed by atoms with van der Waals surface area (Å²) >= 11 is 5.92. The van der Waals surface area contributed by atoms with E-state index in [2.05, 4.69) is 41.1 Å². The van der Waals surface area contributed by atoms with E-state index in [4.69, 9.17) is 16.6 Å². The summed E-state index contributed by atoms with van der Waals surface area (Å²) in [4.78, 5) is 17.1. The molecule has 3 rings (SSSR count). The van der Waals surface area contributed by atoms with Crippen molar-refractivity contribution in [3.8, 4) is 0 Å². The number of nitrogens with one attached hydrogen (secondary N) is 1. The van der Waals surface area contributed by atoms with Crippen molar-refractivity contribution >= 4 is 28.5 Å². The lowest BCUT2D eigenvalue weighted by molar-refractivity contribution is -0.120. The Morgan fingerprint density at radius 1 is 0.811 bits per heavy atom. The fourth-order valence-electron chi connectivity index (χ4n) is 4.99. The third-order valence-corrected chi connectivity index (χ3v) is 7.40. The van der Waals surface area contributed by atoms with Gasteiger partial charge in [-0.2, -0.15) is 0 Å². The Kier molecular flexibility index (Phi) is 13.6. The maximum absolute atomic E-state index is 12.2. The van der Waals surface area contributed by atoms with Crippen molar-refractivity contribution in [1.82, 2.24) is 14.9 Å². The molecule has 3 aromatic rings. The minimum Gasteiger partial charge on any atom is -0.356 e. The Morgan fingerprint density at radius 2 is 1.46 bits per heavy atom. The highest BCUT2D eigenvalue weighted by Gasteiger charge is 2.10. The molecule has 0 saturated heterocycles. The van der Waals surface area contributed by atoms with E-state index in [1.165, 1.54) is 75.5 Å². The fraction of sp³-hybridized carbons (Fsp3) is 0.562. The Labute approximate surface area is 229 Å². The van der Waals surface area contributed by atoms with Crippen LogP contribution in [0.4, 0.5) is 0 Å². The second-order valence-corrected chi connectivity index (χ2v) is 10.8. The summed E-state index contributed by atoms with van der Waals surface area (Å²) in [7, 11) is 0. The van der Waals surface area contributed by atoms with Crippen LogP contribution in [0.25, 0.3) is 11.0 Å². The van der Waals surface area contributed by atoms with Gasteiger partial charge < -0.3 is 9.88 Å². The van der Waals surface area contributed by atoms with Crippen LogP contribution in [0.5, 0.6) is 0 Å². The number of para-hydroxylation sites is 2. The van der Waals surface area contributed by atoms with Gasteiger partial charge in [-0.15, -0.1) is 0 Å². The number of hydrogen-bond acceptors (Lipinski definition) is 2. The predicted octanol–water partition coefficient (Wildman–Crippen LogP) is 8.68. The van der Waals surface area contributed by atoms with Crippen LogP contribution in [-0.4, -0.2) is 22.0 Å². The van der Waals surface area contributed by atoms with Gasteiger partial charge in [0.25, 0.3) is 0 Å². The minimum atomic E-state index is 0.0700. The molecule has 5 heteroatoms. The van der Waals surface area contributed by atoms with E-state index in [9.17, 15) is 4.79 Å². The van der Waals surface area contributed by atoms with Gasteiger partial charge in [-0.1, -0.05) is 107 Å². The number of hydrogen-bond donors (Lipinski definition) is 1. The smallest absolute Gasteiger partial charge is 0.224 e. The molecule has 2 aromatic carbocycles. The molecule has 0 aliphatic carbocycles. The molecule has 37 heavy (non-hydrogen) atoms. The lowest BCUT2D eigenvalue weighted by Gasteiger charge is -2.10. The molecular weight excluding hydrogens is 478 g/mol. The number of carbonyl (C=O) groups is 1. The van der Waals surface area contributed by atoms with E-state index in [1.54, 1.807) is 0 Å². The lowest BCUT2D eigenvalue weighted by Crippen LogP contribution is -2.26. The maximum atomic E-state index is 12.2. The normalized spacial score (nSPS) is 11.3. The molecule has 1 heterocycles. The van der Waals surface area contributed by atoms with Gasteiger partial charge in [-0.05, 0) is 49.1 Å². The van der Waals surface area contributed by atoms with Gasteiger partial charge in [0.15, 0.2) is 0 Å². The van der Waals surface area contributed by atoms with Crippen molar-refractivity contribution in [3.05, 3.63) is 64.9 Å². The van der Waals surface area contributed by atoms with Crippen molar-refractivity contribution in [3.63, 3.8) is 0 Å². The van der Waals surface area contributed by atoms with Crippen molar-refractivity contribution in [2.24, 2.45) is 0 Å². The van der Waals surface area contributed by atoms with Gasteiger partial charge in [0.05, 0.1) is 17.5 Å². The van der Waals surface area contributed by atoms with Crippen LogP contribution in [0.15, 0.2) is 48.5 Å². The van der Waals surface area contributed by atoms with Gasteiger partial charge in [-0.25, -0.2) is 4.98 Å². The Hall–Kier alpha value is -2.33. The second kappa shape index (κ2) is 17.2. The molecule has 0 bridgehead atoms. The zero-order valence-corrected chi connectivity index (χ0v) is 23.6. The monoisotopic (exact) mass is 523 g/mol. The van der Waals surface area contributed by atoms with Crippen molar-refractivity contribution < 1.29 is 4.79 Å². The average Bonchev–Trinajstić information content (AvgIpc) is 3.26. The number of fused-ring (bicyclic) bond motifs is 1. The molecule has 0 fully saturated rings.